The minimum atomic E-state index is -0.291. The minimum absolute atomic E-state index is 0.0493. The number of likely N-dealkylation sites (tertiary alicyclic amines) is 1. The molecule has 2 bridgehead atoms. The quantitative estimate of drug-likeness (QED) is 0.849. The van der Waals surface area contributed by atoms with Crippen LogP contribution in [0, 0.1) is 11.7 Å². The van der Waals surface area contributed by atoms with Gasteiger partial charge in [0.05, 0.1) is 6.42 Å². The molecule has 4 nitrogen and oxygen atoms in total. The molecule has 1 saturated heterocycles. The zero-order valence-electron chi connectivity index (χ0n) is 13.3. The van der Waals surface area contributed by atoms with Crippen molar-refractivity contribution < 1.29 is 9.18 Å². The summed E-state index contributed by atoms with van der Waals surface area (Å²) in [5, 5.41) is 0. The van der Waals surface area contributed by atoms with E-state index in [0.29, 0.717) is 32.0 Å². The van der Waals surface area contributed by atoms with Gasteiger partial charge in [-0.05, 0) is 36.1 Å². The lowest BCUT2D eigenvalue weighted by molar-refractivity contribution is -0.133. The minimum Gasteiger partial charge on any atom is -0.341 e. The van der Waals surface area contributed by atoms with Gasteiger partial charge in [-0.25, -0.2) is 4.39 Å². The van der Waals surface area contributed by atoms with Gasteiger partial charge in [0.25, 0.3) is 5.56 Å². The van der Waals surface area contributed by atoms with Gasteiger partial charge in [0.1, 0.15) is 5.82 Å². The normalized spacial score (nSPS) is 22.1. The average molecular weight is 326 g/mol. The van der Waals surface area contributed by atoms with Crippen LogP contribution < -0.4 is 5.56 Å². The zero-order chi connectivity index (χ0) is 16.7. The number of benzene rings is 1. The third-order valence-corrected chi connectivity index (χ3v) is 5.10. The Labute approximate surface area is 139 Å². The number of hydrogen-bond donors (Lipinski definition) is 0. The molecule has 124 valence electrons. The van der Waals surface area contributed by atoms with Crippen LogP contribution in [-0.4, -0.2) is 28.5 Å². The molecule has 1 aromatic carbocycles. The number of pyridine rings is 1. The number of piperidine rings is 1. The highest BCUT2D eigenvalue weighted by Gasteiger charge is 2.36. The van der Waals surface area contributed by atoms with Crippen LogP contribution in [0.3, 0.4) is 0 Å². The number of fused-ring (bicyclic) bond motifs is 4. The number of nitrogens with zero attached hydrogens (tertiary/aromatic N) is 2. The Kier molecular flexibility index (Phi) is 3.71. The summed E-state index contributed by atoms with van der Waals surface area (Å²) in [6, 6.07) is 11.5. The molecule has 0 N–H and O–H groups in total. The second-order valence-corrected chi connectivity index (χ2v) is 6.80. The highest BCUT2D eigenvalue weighted by Crippen LogP contribution is 2.35. The number of aromatic nitrogens is 1. The predicted octanol–water partition coefficient (Wildman–Crippen LogP) is 2.18. The fourth-order valence-electron chi connectivity index (χ4n) is 3.99. The monoisotopic (exact) mass is 326 g/mol. The molecule has 1 aromatic heterocycles. The predicted molar refractivity (Wildman–Crippen MR) is 88.2 cm³/mol. The van der Waals surface area contributed by atoms with E-state index in [0.717, 1.165) is 17.7 Å². The van der Waals surface area contributed by atoms with Crippen LogP contribution in [-0.2, 0) is 17.8 Å². The molecule has 24 heavy (non-hydrogen) atoms. The van der Waals surface area contributed by atoms with Crippen molar-refractivity contribution in [1.82, 2.24) is 9.47 Å². The Morgan fingerprint density at radius 1 is 1.08 bits per heavy atom. The number of carbonyl (C=O) groups is 1. The highest BCUT2D eigenvalue weighted by atomic mass is 19.1. The highest BCUT2D eigenvalue weighted by molar-refractivity contribution is 5.79. The summed E-state index contributed by atoms with van der Waals surface area (Å²) in [6.07, 6.45) is 1.32. The molecule has 5 heteroatoms. The lowest BCUT2D eigenvalue weighted by atomic mass is 9.83. The molecule has 3 heterocycles. The summed E-state index contributed by atoms with van der Waals surface area (Å²) in [6.45, 7) is 2.03. The molecule has 1 fully saturated rings. The summed E-state index contributed by atoms with van der Waals surface area (Å²) in [4.78, 5) is 26.6. The van der Waals surface area contributed by atoms with Crippen molar-refractivity contribution in [3.63, 3.8) is 0 Å². The first-order chi connectivity index (χ1) is 11.6. The Morgan fingerprint density at radius 3 is 2.67 bits per heavy atom. The van der Waals surface area contributed by atoms with E-state index >= 15 is 0 Å². The second-order valence-electron chi connectivity index (χ2n) is 6.80. The molecule has 2 aliphatic rings. The molecule has 4 rings (SSSR count). The zero-order valence-corrected chi connectivity index (χ0v) is 13.3. The van der Waals surface area contributed by atoms with Crippen LogP contribution in [0.1, 0.15) is 23.6 Å². The first-order valence-corrected chi connectivity index (χ1v) is 8.32. The molecule has 1 unspecified atom stereocenters. The van der Waals surface area contributed by atoms with E-state index in [4.69, 9.17) is 0 Å². The molecule has 0 aliphatic carbocycles. The van der Waals surface area contributed by atoms with Gasteiger partial charge in [0.2, 0.25) is 5.91 Å². The van der Waals surface area contributed by atoms with E-state index in [1.165, 1.54) is 12.1 Å². The van der Waals surface area contributed by atoms with Gasteiger partial charge >= 0.3 is 0 Å². The molecule has 0 saturated carbocycles. The molecule has 2 aliphatic heterocycles. The second kappa shape index (κ2) is 5.89. The van der Waals surface area contributed by atoms with Gasteiger partial charge in [-0.3, -0.25) is 9.59 Å². The Hall–Kier alpha value is -2.43. The molecular formula is C19H19FN2O2. The van der Waals surface area contributed by atoms with Gasteiger partial charge in [0, 0.05) is 37.3 Å². The van der Waals surface area contributed by atoms with Crippen molar-refractivity contribution in [2.45, 2.75) is 25.3 Å². The van der Waals surface area contributed by atoms with Crippen molar-refractivity contribution >= 4 is 5.91 Å². The van der Waals surface area contributed by atoms with Gasteiger partial charge in [-0.1, -0.05) is 18.2 Å². The number of halogens is 1. The first-order valence-electron chi connectivity index (χ1n) is 8.32. The largest absolute Gasteiger partial charge is 0.341 e. The first kappa shape index (κ1) is 15.1. The summed E-state index contributed by atoms with van der Waals surface area (Å²) in [5.74, 6) is 0.334. The maximum absolute atomic E-state index is 13.0. The Balaban J connectivity index is 1.52. The number of amides is 1. The SMILES string of the molecule is O=C(Cc1ccc(F)cc1)N1CC2C[C@H](C1)Cn1c2cccc1=O. The number of rotatable bonds is 2. The van der Waals surface area contributed by atoms with E-state index < -0.39 is 0 Å². The van der Waals surface area contributed by atoms with Crippen LogP contribution in [0.2, 0.25) is 0 Å². The lowest BCUT2D eigenvalue weighted by Gasteiger charge is -2.42. The number of hydrogen-bond acceptors (Lipinski definition) is 2. The average Bonchev–Trinajstić information content (AvgIpc) is 2.58. The van der Waals surface area contributed by atoms with Crippen molar-refractivity contribution in [1.29, 1.82) is 0 Å². The van der Waals surface area contributed by atoms with Crippen LogP contribution in [0.15, 0.2) is 47.3 Å². The van der Waals surface area contributed by atoms with Crippen LogP contribution in [0.25, 0.3) is 0 Å². The standard InChI is InChI=1S/C19H19FN2O2/c20-16-6-4-13(5-7-16)9-19(24)21-10-14-8-15(12-21)17-2-1-3-18(23)22(17)11-14/h1-7,14-15H,8-12H2/t14-,15?/m1/s1. The summed E-state index contributed by atoms with van der Waals surface area (Å²) < 4.78 is 14.8. The van der Waals surface area contributed by atoms with Crippen molar-refractivity contribution in [2.75, 3.05) is 13.1 Å². The van der Waals surface area contributed by atoms with E-state index in [-0.39, 0.29) is 23.2 Å². The fraction of sp³-hybridized carbons (Fsp3) is 0.368. The van der Waals surface area contributed by atoms with E-state index in [1.807, 2.05) is 15.5 Å². The van der Waals surface area contributed by atoms with Crippen LogP contribution in [0.5, 0.6) is 0 Å². The van der Waals surface area contributed by atoms with E-state index in [2.05, 4.69) is 0 Å². The van der Waals surface area contributed by atoms with Crippen LogP contribution >= 0.6 is 0 Å². The molecule has 0 spiro atoms. The molecular weight excluding hydrogens is 307 g/mol. The van der Waals surface area contributed by atoms with Crippen molar-refractivity contribution in [2.24, 2.45) is 5.92 Å². The Bertz CT molecular complexity index is 828. The fourth-order valence-corrected chi connectivity index (χ4v) is 3.99. The Morgan fingerprint density at radius 2 is 1.88 bits per heavy atom. The van der Waals surface area contributed by atoms with Gasteiger partial charge < -0.3 is 9.47 Å². The third kappa shape index (κ3) is 2.75. The lowest BCUT2D eigenvalue weighted by Crippen LogP contribution is -2.49. The summed E-state index contributed by atoms with van der Waals surface area (Å²) >= 11 is 0. The third-order valence-electron chi connectivity index (χ3n) is 5.10. The maximum atomic E-state index is 13.0. The summed E-state index contributed by atoms with van der Waals surface area (Å²) in [7, 11) is 0. The summed E-state index contributed by atoms with van der Waals surface area (Å²) in [5.41, 5.74) is 1.92. The van der Waals surface area contributed by atoms with Gasteiger partial charge in [-0.2, -0.15) is 0 Å². The van der Waals surface area contributed by atoms with Crippen molar-refractivity contribution in [3.05, 3.63) is 69.9 Å². The van der Waals surface area contributed by atoms with Crippen LogP contribution in [0.4, 0.5) is 4.39 Å². The van der Waals surface area contributed by atoms with Gasteiger partial charge in [0.15, 0.2) is 0 Å². The molecule has 2 aromatic rings. The molecule has 0 radical (unpaired) electrons. The van der Waals surface area contributed by atoms with Crippen molar-refractivity contribution in [3.8, 4) is 0 Å². The van der Waals surface area contributed by atoms with E-state index in [1.54, 1.807) is 24.3 Å². The van der Waals surface area contributed by atoms with E-state index in [9.17, 15) is 14.0 Å². The number of carbonyl (C=O) groups excluding carboxylic acids is 1. The topological polar surface area (TPSA) is 42.3 Å². The maximum Gasteiger partial charge on any atom is 0.250 e. The molecule has 2 atom stereocenters. The molecule has 1 amide bonds. The van der Waals surface area contributed by atoms with Gasteiger partial charge in [-0.15, -0.1) is 0 Å². The smallest absolute Gasteiger partial charge is 0.250 e.